The molecule has 0 amide bonds. The van der Waals surface area contributed by atoms with E-state index in [1.165, 1.54) is 43.6 Å². The Morgan fingerprint density at radius 2 is 2.16 bits per heavy atom. The van der Waals surface area contributed by atoms with Gasteiger partial charge in [-0.15, -0.1) is 0 Å². The van der Waals surface area contributed by atoms with Crippen LogP contribution in [-0.4, -0.2) is 36.5 Å². The lowest BCUT2D eigenvalue weighted by Crippen LogP contribution is -2.26. The summed E-state index contributed by atoms with van der Waals surface area (Å²) in [5.41, 5.74) is 1.55. The smallest absolute Gasteiger partial charge is 0.0309 e. The third-order valence-electron chi connectivity index (χ3n) is 3.80. The van der Waals surface area contributed by atoms with Crippen LogP contribution in [0.2, 0.25) is 0 Å². The van der Waals surface area contributed by atoms with Gasteiger partial charge in [-0.05, 0) is 57.2 Å². The van der Waals surface area contributed by atoms with Gasteiger partial charge in [0.1, 0.15) is 0 Å². The predicted octanol–water partition coefficient (Wildman–Crippen LogP) is 4.75. The largest absolute Gasteiger partial charge is 0.303 e. The van der Waals surface area contributed by atoms with Crippen molar-refractivity contribution in [2.24, 2.45) is 5.92 Å². The first kappa shape index (κ1) is 16.8. The van der Waals surface area contributed by atoms with Crippen LogP contribution in [0, 0.1) is 5.92 Å². The average Bonchev–Trinajstić information content (AvgIpc) is 2.39. The number of rotatable bonds is 9. The summed E-state index contributed by atoms with van der Waals surface area (Å²) in [6.45, 7) is 4.67. The summed E-state index contributed by atoms with van der Waals surface area (Å²) in [5, 5.41) is 0. The van der Waals surface area contributed by atoms with Crippen molar-refractivity contribution >= 4 is 11.8 Å². The monoisotopic (exact) mass is 281 g/mol. The van der Waals surface area contributed by atoms with Gasteiger partial charge in [0.2, 0.25) is 0 Å². The van der Waals surface area contributed by atoms with Crippen molar-refractivity contribution in [2.75, 3.05) is 25.6 Å². The van der Waals surface area contributed by atoms with Crippen molar-refractivity contribution in [2.45, 2.75) is 52.0 Å². The highest BCUT2D eigenvalue weighted by Crippen LogP contribution is 2.23. The van der Waals surface area contributed by atoms with E-state index in [4.69, 9.17) is 0 Å². The fraction of sp³-hybridized carbons (Fsp3) is 0.765. The first-order chi connectivity index (χ1) is 9.13. The molecule has 0 radical (unpaired) electrons. The number of likely N-dealkylation sites (N-methyl/N-ethyl adjacent to an activating group) is 1. The lowest BCUT2D eigenvalue weighted by atomic mass is 9.93. The number of allylic oxidation sites excluding steroid dienone is 2. The van der Waals surface area contributed by atoms with Gasteiger partial charge in [-0.3, -0.25) is 0 Å². The van der Waals surface area contributed by atoms with Crippen LogP contribution in [0.25, 0.3) is 0 Å². The maximum atomic E-state index is 2.44. The molecule has 2 atom stereocenters. The summed E-state index contributed by atoms with van der Waals surface area (Å²) >= 11 is 2.13. The SMILES string of the molecule is CCCCSCCC(C)CC1=CCC(N(C)C)C=C1. The molecule has 19 heavy (non-hydrogen) atoms. The van der Waals surface area contributed by atoms with Crippen molar-refractivity contribution in [3.8, 4) is 0 Å². The van der Waals surface area contributed by atoms with Gasteiger partial charge in [-0.25, -0.2) is 0 Å². The molecule has 0 aromatic rings. The molecule has 0 fully saturated rings. The molecule has 1 aliphatic rings. The molecule has 1 rings (SSSR count). The van der Waals surface area contributed by atoms with Crippen molar-refractivity contribution in [3.05, 3.63) is 23.8 Å². The second kappa shape index (κ2) is 9.66. The van der Waals surface area contributed by atoms with Crippen molar-refractivity contribution < 1.29 is 0 Å². The van der Waals surface area contributed by atoms with Gasteiger partial charge in [-0.2, -0.15) is 11.8 Å². The van der Waals surface area contributed by atoms with E-state index in [0.29, 0.717) is 6.04 Å². The van der Waals surface area contributed by atoms with Crippen molar-refractivity contribution in [3.63, 3.8) is 0 Å². The van der Waals surface area contributed by atoms with Crippen LogP contribution in [-0.2, 0) is 0 Å². The highest BCUT2D eigenvalue weighted by molar-refractivity contribution is 7.99. The number of unbranched alkanes of at least 4 members (excludes halogenated alkanes) is 1. The molecule has 0 spiro atoms. The predicted molar refractivity (Wildman–Crippen MR) is 89.9 cm³/mol. The summed E-state index contributed by atoms with van der Waals surface area (Å²) in [6.07, 6.45) is 13.6. The number of thioether (sulfide) groups is 1. The molecule has 0 bridgehead atoms. The zero-order chi connectivity index (χ0) is 14.1. The Kier molecular flexibility index (Phi) is 8.56. The minimum absolute atomic E-state index is 0.601. The third-order valence-corrected chi connectivity index (χ3v) is 4.90. The van der Waals surface area contributed by atoms with E-state index in [0.717, 1.165) is 5.92 Å². The van der Waals surface area contributed by atoms with Gasteiger partial charge in [-0.1, -0.05) is 44.1 Å². The first-order valence-corrected chi connectivity index (χ1v) is 8.90. The molecule has 2 unspecified atom stereocenters. The van der Waals surface area contributed by atoms with E-state index in [9.17, 15) is 0 Å². The highest BCUT2D eigenvalue weighted by atomic mass is 32.2. The molecule has 0 saturated carbocycles. The molecule has 2 heteroatoms. The summed E-state index contributed by atoms with van der Waals surface area (Å²) in [6, 6.07) is 0.601. The van der Waals surface area contributed by atoms with Crippen LogP contribution in [0.1, 0.15) is 46.0 Å². The third kappa shape index (κ3) is 7.22. The minimum atomic E-state index is 0.601. The second-order valence-electron chi connectivity index (χ2n) is 5.97. The van der Waals surface area contributed by atoms with Crippen LogP contribution in [0.15, 0.2) is 23.8 Å². The van der Waals surface area contributed by atoms with Crippen LogP contribution in [0.4, 0.5) is 0 Å². The molecular formula is C17H31NS. The lowest BCUT2D eigenvalue weighted by Gasteiger charge is -2.23. The minimum Gasteiger partial charge on any atom is -0.303 e. The van der Waals surface area contributed by atoms with E-state index >= 15 is 0 Å². The van der Waals surface area contributed by atoms with E-state index in [2.05, 4.69) is 62.8 Å². The molecular weight excluding hydrogens is 250 g/mol. The Labute approximate surface area is 124 Å². The Morgan fingerprint density at radius 1 is 1.37 bits per heavy atom. The average molecular weight is 282 g/mol. The maximum Gasteiger partial charge on any atom is 0.0309 e. The van der Waals surface area contributed by atoms with Crippen LogP contribution >= 0.6 is 11.8 Å². The molecule has 1 aliphatic carbocycles. The molecule has 0 aromatic heterocycles. The van der Waals surface area contributed by atoms with E-state index in [-0.39, 0.29) is 0 Å². The molecule has 110 valence electrons. The van der Waals surface area contributed by atoms with E-state index in [1.807, 2.05) is 0 Å². The quantitative estimate of drug-likeness (QED) is 0.561. The molecule has 1 nitrogen and oxygen atoms in total. The fourth-order valence-electron chi connectivity index (χ4n) is 2.33. The molecule has 0 aromatic carbocycles. The van der Waals surface area contributed by atoms with Crippen LogP contribution in [0.3, 0.4) is 0 Å². The molecule has 0 aliphatic heterocycles. The van der Waals surface area contributed by atoms with Gasteiger partial charge >= 0.3 is 0 Å². The van der Waals surface area contributed by atoms with Gasteiger partial charge in [0.05, 0.1) is 0 Å². The van der Waals surface area contributed by atoms with Gasteiger partial charge in [0.15, 0.2) is 0 Å². The van der Waals surface area contributed by atoms with Crippen molar-refractivity contribution in [1.29, 1.82) is 0 Å². The number of hydrogen-bond acceptors (Lipinski definition) is 2. The summed E-state index contributed by atoms with van der Waals surface area (Å²) < 4.78 is 0. The zero-order valence-electron chi connectivity index (χ0n) is 13.2. The lowest BCUT2D eigenvalue weighted by molar-refractivity contribution is 0.342. The summed E-state index contributed by atoms with van der Waals surface area (Å²) in [7, 11) is 4.31. The van der Waals surface area contributed by atoms with E-state index in [1.54, 1.807) is 5.57 Å². The topological polar surface area (TPSA) is 3.24 Å². The molecule has 0 saturated heterocycles. The Hall–Kier alpha value is -0.210. The fourth-order valence-corrected chi connectivity index (χ4v) is 3.59. The number of hydrogen-bond donors (Lipinski definition) is 0. The summed E-state index contributed by atoms with van der Waals surface area (Å²) in [4.78, 5) is 2.29. The number of nitrogens with zero attached hydrogens (tertiary/aromatic N) is 1. The molecule has 0 heterocycles. The van der Waals surface area contributed by atoms with Gasteiger partial charge in [0.25, 0.3) is 0 Å². The highest BCUT2D eigenvalue weighted by Gasteiger charge is 2.12. The van der Waals surface area contributed by atoms with Gasteiger partial charge < -0.3 is 4.90 Å². The Bertz CT molecular complexity index is 294. The zero-order valence-corrected chi connectivity index (χ0v) is 14.0. The molecule has 0 N–H and O–H groups in total. The van der Waals surface area contributed by atoms with Gasteiger partial charge in [0, 0.05) is 6.04 Å². The van der Waals surface area contributed by atoms with Crippen LogP contribution in [0.5, 0.6) is 0 Å². The Balaban J connectivity index is 2.16. The first-order valence-electron chi connectivity index (χ1n) is 7.74. The van der Waals surface area contributed by atoms with E-state index < -0.39 is 0 Å². The normalized spacial score (nSPS) is 20.7. The van der Waals surface area contributed by atoms with Crippen LogP contribution < -0.4 is 0 Å². The summed E-state index contributed by atoms with van der Waals surface area (Å²) in [5.74, 6) is 3.50. The van der Waals surface area contributed by atoms with Crippen molar-refractivity contribution in [1.82, 2.24) is 4.90 Å². The standard InChI is InChI=1S/C17H31NS/c1-5-6-12-19-13-11-15(2)14-16-7-9-17(10-8-16)18(3)4/h7-9,15,17H,5-6,10-14H2,1-4H3. The Morgan fingerprint density at radius 3 is 2.74 bits per heavy atom. The maximum absolute atomic E-state index is 2.44. The second-order valence-corrected chi connectivity index (χ2v) is 7.19.